The molecule has 1 aliphatic carbocycles. The molecule has 1 fully saturated rings. The number of anilines is 1. The minimum Gasteiger partial charge on any atom is -0.324 e. The largest absolute Gasteiger partial charge is 0.325 e. The predicted molar refractivity (Wildman–Crippen MR) is 102 cm³/mol. The van der Waals surface area contributed by atoms with Gasteiger partial charge in [0.25, 0.3) is 5.91 Å². The van der Waals surface area contributed by atoms with E-state index in [1.54, 1.807) is 0 Å². The van der Waals surface area contributed by atoms with Crippen LogP contribution in [0, 0.1) is 0 Å². The van der Waals surface area contributed by atoms with E-state index in [0.717, 1.165) is 16.0 Å². The summed E-state index contributed by atoms with van der Waals surface area (Å²) < 4.78 is 0. The van der Waals surface area contributed by atoms with Crippen LogP contribution in [0.5, 0.6) is 0 Å². The summed E-state index contributed by atoms with van der Waals surface area (Å²) in [6.45, 7) is -0.390. The van der Waals surface area contributed by atoms with Crippen LogP contribution in [-0.4, -0.2) is 29.3 Å². The standard InChI is InChI=1S/C19H15Cl2N3O3/c20-12-7-13(21)9-14(8-12)22-16(25)10-24-17(26)19(23-18(24)27)6-5-11-3-1-2-4-15(11)19/h1-4,7-9H,5-6,10H2,(H,22,25)(H,23,27). The van der Waals surface area contributed by atoms with Crippen molar-refractivity contribution in [2.75, 3.05) is 11.9 Å². The van der Waals surface area contributed by atoms with Crippen LogP contribution in [0.2, 0.25) is 10.0 Å². The number of urea groups is 1. The summed E-state index contributed by atoms with van der Waals surface area (Å²) in [6, 6.07) is 11.6. The van der Waals surface area contributed by atoms with E-state index in [4.69, 9.17) is 23.2 Å². The van der Waals surface area contributed by atoms with Gasteiger partial charge in [-0.05, 0) is 42.2 Å². The summed E-state index contributed by atoms with van der Waals surface area (Å²) in [5.74, 6) is -0.920. The maximum absolute atomic E-state index is 13.0. The number of amides is 4. The number of benzene rings is 2. The van der Waals surface area contributed by atoms with Gasteiger partial charge in [-0.1, -0.05) is 47.5 Å². The van der Waals surface area contributed by atoms with Crippen molar-refractivity contribution in [3.05, 3.63) is 63.6 Å². The van der Waals surface area contributed by atoms with Gasteiger partial charge in [-0.2, -0.15) is 0 Å². The topological polar surface area (TPSA) is 78.5 Å². The van der Waals surface area contributed by atoms with Gasteiger partial charge in [0.1, 0.15) is 12.1 Å². The lowest BCUT2D eigenvalue weighted by atomic mass is 9.92. The fourth-order valence-electron chi connectivity index (χ4n) is 3.70. The second kappa shape index (κ2) is 6.55. The normalized spacial score (nSPS) is 20.7. The van der Waals surface area contributed by atoms with Crippen molar-refractivity contribution in [3.8, 4) is 0 Å². The molecule has 2 aromatic rings. The number of rotatable bonds is 3. The Labute approximate surface area is 165 Å². The maximum Gasteiger partial charge on any atom is 0.325 e. The zero-order valence-electron chi connectivity index (χ0n) is 14.1. The SMILES string of the molecule is O=C(CN1C(=O)NC2(CCc3ccccc32)C1=O)Nc1cc(Cl)cc(Cl)c1. The van der Waals surface area contributed by atoms with E-state index in [2.05, 4.69) is 10.6 Å². The third kappa shape index (κ3) is 3.05. The number of carbonyl (C=O) groups excluding carboxylic acids is 3. The van der Waals surface area contributed by atoms with Gasteiger partial charge in [0.15, 0.2) is 0 Å². The Balaban J connectivity index is 1.53. The number of imide groups is 1. The summed E-state index contributed by atoms with van der Waals surface area (Å²) in [5, 5.41) is 6.14. The van der Waals surface area contributed by atoms with Crippen molar-refractivity contribution in [2.45, 2.75) is 18.4 Å². The molecule has 0 aromatic heterocycles. The number of nitrogens with zero attached hydrogens (tertiary/aromatic N) is 1. The highest BCUT2D eigenvalue weighted by Gasteiger charge is 2.55. The average Bonchev–Trinajstić information content (AvgIpc) is 3.08. The van der Waals surface area contributed by atoms with Gasteiger partial charge in [0.05, 0.1) is 0 Å². The molecule has 8 heteroatoms. The van der Waals surface area contributed by atoms with Gasteiger partial charge < -0.3 is 10.6 Å². The molecule has 2 aromatic carbocycles. The second-order valence-corrected chi connectivity index (χ2v) is 7.46. The van der Waals surface area contributed by atoms with E-state index < -0.39 is 29.9 Å². The summed E-state index contributed by atoms with van der Waals surface area (Å²) in [6.07, 6.45) is 1.18. The Morgan fingerprint density at radius 1 is 1.15 bits per heavy atom. The molecule has 1 spiro atoms. The second-order valence-electron chi connectivity index (χ2n) is 6.59. The monoisotopic (exact) mass is 403 g/mol. The molecule has 1 saturated heterocycles. The molecule has 0 bridgehead atoms. The van der Waals surface area contributed by atoms with Gasteiger partial charge >= 0.3 is 6.03 Å². The highest BCUT2D eigenvalue weighted by Crippen LogP contribution is 2.41. The lowest BCUT2D eigenvalue weighted by Crippen LogP contribution is -2.42. The van der Waals surface area contributed by atoms with E-state index >= 15 is 0 Å². The quantitative estimate of drug-likeness (QED) is 0.771. The van der Waals surface area contributed by atoms with E-state index in [1.165, 1.54) is 18.2 Å². The summed E-state index contributed by atoms with van der Waals surface area (Å²) in [7, 11) is 0. The van der Waals surface area contributed by atoms with E-state index in [-0.39, 0.29) is 0 Å². The minimum absolute atomic E-state index is 0.370. The third-order valence-electron chi connectivity index (χ3n) is 4.87. The molecule has 1 unspecified atom stereocenters. The minimum atomic E-state index is -1.08. The molecule has 0 radical (unpaired) electrons. The highest BCUT2D eigenvalue weighted by atomic mass is 35.5. The van der Waals surface area contributed by atoms with E-state index in [0.29, 0.717) is 28.6 Å². The van der Waals surface area contributed by atoms with Crippen LogP contribution in [0.1, 0.15) is 17.5 Å². The maximum atomic E-state index is 13.0. The number of fused-ring (bicyclic) bond motifs is 2. The molecule has 6 nitrogen and oxygen atoms in total. The van der Waals surface area contributed by atoms with Gasteiger partial charge in [-0.3, -0.25) is 14.5 Å². The van der Waals surface area contributed by atoms with Crippen LogP contribution in [0.15, 0.2) is 42.5 Å². The lowest BCUT2D eigenvalue weighted by molar-refractivity contribution is -0.134. The van der Waals surface area contributed by atoms with E-state index in [1.807, 2.05) is 24.3 Å². The number of hydrogen-bond donors (Lipinski definition) is 2. The Bertz CT molecular complexity index is 958. The van der Waals surface area contributed by atoms with Gasteiger partial charge in [0, 0.05) is 15.7 Å². The first-order chi connectivity index (χ1) is 12.9. The smallest absolute Gasteiger partial charge is 0.324 e. The molecule has 4 rings (SSSR count). The summed E-state index contributed by atoms with van der Waals surface area (Å²) in [5.41, 5.74) is 1.15. The molecule has 0 saturated carbocycles. The van der Waals surface area contributed by atoms with Crippen LogP contribution in [0.25, 0.3) is 0 Å². The highest BCUT2D eigenvalue weighted by molar-refractivity contribution is 6.35. The van der Waals surface area contributed by atoms with Crippen molar-refractivity contribution in [1.82, 2.24) is 10.2 Å². The van der Waals surface area contributed by atoms with Crippen LogP contribution in [0.4, 0.5) is 10.5 Å². The van der Waals surface area contributed by atoms with Crippen molar-refractivity contribution in [1.29, 1.82) is 0 Å². The Morgan fingerprint density at radius 3 is 2.59 bits per heavy atom. The first-order valence-corrected chi connectivity index (χ1v) is 9.13. The zero-order valence-corrected chi connectivity index (χ0v) is 15.6. The van der Waals surface area contributed by atoms with Gasteiger partial charge in [-0.25, -0.2) is 4.79 Å². The molecule has 1 aliphatic heterocycles. The van der Waals surface area contributed by atoms with Crippen molar-refractivity contribution in [2.24, 2.45) is 0 Å². The van der Waals surface area contributed by atoms with Crippen molar-refractivity contribution >= 4 is 46.7 Å². The Kier molecular flexibility index (Phi) is 4.32. The molecule has 2 N–H and O–H groups in total. The number of hydrogen-bond acceptors (Lipinski definition) is 3. The number of halogens is 2. The molecule has 1 heterocycles. The number of carbonyl (C=O) groups is 3. The van der Waals surface area contributed by atoms with Crippen molar-refractivity contribution in [3.63, 3.8) is 0 Å². The van der Waals surface area contributed by atoms with Gasteiger partial charge in [-0.15, -0.1) is 0 Å². The fourth-order valence-corrected chi connectivity index (χ4v) is 4.23. The van der Waals surface area contributed by atoms with E-state index in [9.17, 15) is 14.4 Å². The first-order valence-electron chi connectivity index (χ1n) is 8.37. The fraction of sp³-hybridized carbons (Fsp3) is 0.211. The summed E-state index contributed by atoms with van der Waals surface area (Å²) in [4.78, 5) is 38.8. The molecule has 27 heavy (non-hydrogen) atoms. The lowest BCUT2D eigenvalue weighted by Gasteiger charge is -2.22. The molecule has 4 amide bonds. The van der Waals surface area contributed by atoms with Crippen LogP contribution in [0.3, 0.4) is 0 Å². The molecular formula is C19H15Cl2N3O3. The third-order valence-corrected chi connectivity index (χ3v) is 5.31. The van der Waals surface area contributed by atoms with Gasteiger partial charge in [0.2, 0.25) is 5.91 Å². The molecule has 138 valence electrons. The number of aryl methyl sites for hydroxylation is 1. The molecule has 1 atom stereocenters. The Hall–Kier alpha value is -2.57. The van der Waals surface area contributed by atoms with Crippen LogP contribution < -0.4 is 10.6 Å². The Morgan fingerprint density at radius 2 is 1.85 bits per heavy atom. The van der Waals surface area contributed by atoms with Crippen LogP contribution >= 0.6 is 23.2 Å². The molecule has 2 aliphatic rings. The first kappa shape index (κ1) is 17.8. The zero-order chi connectivity index (χ0) is 19.2. The van der Waals surface area contributed by atoms with Crippen LogP contribution in [-0.2, 0) is 21.5 Å². The van der Waals surface area contributed by atoms with Crippen molar-refractivity contribution < 1.29 is 14.4 Å². The average molecular weight is 404 g/mol. The number of nitrogens with one attached hydrogen (secondary N) is 2. The summed E-state index contributed by atoms with van der Waals surface area (Å²) >= 11 is 11.8. The molecular weight excluding hydrogens is 389 g/mol. The predicted octanol–water partition coefficient (Wildman–Crippen LogP) is 3.33.